The van der Waals surface area contributed by atoms with E-state index in [0.29, 0.717) is 11.9 Å². The predicted octanol–water partition coefficient (Wildman–Crippen LogP) is 2.69. The van der Waals surface area contributed by atoms with Crippen LogP contribution in [0.4, 0.5) is 5.82 Å². The van der Waals surface area contributed by atoms with Crippen LogP contribution in [0.25, 0.3) is 10.9 Å². The number of para-hydroxylation sites is 1. The lowest BCUT2D eigenvalue weighted by atomic mass is 10.2. The van der Waals surface area contributed by atoms with Crippen molar-refractivity contribution >= 4 is 38.6 Å². The Labute approximate surface area is 119 Å². The summed E-state index contributed by atoms with van der Waals surface area (Å²) >= 11 is 3.48. The van der Waals surface area contributed by atoms with Gasteiger partial charge >= 0.3 is 0 Å². The van der Waals surface area contributed by atoms with Crippen LogP contribution in [0.3, 0.4) is 0 Å². The molecular weight excluding hydrogens is 306 g/mol. The number of hydrogen-bond donors (Lipinski definition) is 2. The summed E-state index contributed by atoms with van der Waals surface area (Å²) in [5, 5.41) is 7.06. The minimum absolute atomic E-state index is 0.0246. The van der Waals surface area contributed by atoms with E-state index in [1.54, 1.807) is 0 Å². The topological polar surface area (TPSA) is 54.0 Å². The highest BCUT2D eigenvalue weighted by atomic mass is 79.9. The number of fused-ring (bicyclic) bond motifs is 1. The van der Waals surface area contributed by atoms with Crippen LogP contribution in [0.2, 0.25) is 0 Å². The summed E-state index contributed by atoms with van der Waals surface area (Å²) in [6.07, 6.45) is 2.21. The lowest BCUT2D eigenvalue weighted by Crippen LogP contribution is -2.31. The maximum absolute atomic E-state index is 11.6. The molecule has 4 nitrogen and oxygen atoms in total. The van der Waals surface area contributed by atoms with Crippen LogP contribution < -0.4 is 10.6 Å². The number of pyridine rings is 1. The first-order chi connectivity index (χ1) is 9.22. The highest BCUT2D eigenvalue weighted by Gasteiger charge is 2.22. The van der Waals surface area contributed by atoms with Crippen molar-refractivity contribution in [3.8, 4) is 0 Å². The SMILES string of the molecule is O=C(CNc1ccc2cccc(Br)c2n1)NC1CC1. The monoisotopic (exact) mass is 319 g/mol. The Kier molecular flexibility index (Phi) is 3.38. The summed E-state index contributed by atoms with van der Waals surface area (Å²) in [5.74, 6) is 0.738. The Balaban J connectivity index is 1.70. The van der Waals surface area contributed by atoms with E-state index in [0.717, 1.165) is 28.2 Å². The standard InChI is InChI=1S/C14H14BrN3O/c15-11-3-1-2-9-4-7-12(18-14(9)11)16-8-13(19)17-10-5-6-10/h1-4,7,10H,5-6,8H2,(H,16,18)(H,17,19). The zero-order valence-corrected chi connectivity index (χ0v) is 11.9. The molecule has 98 valence electrons. The Bertz CT molecular complexity index is 625. The first kappa shape index (κ1) is 12.4. The van der Waals surface area contributed by atoms with Gasteiger partial charge in [0.15, 0.2) is 0 Å². The van der Waals surface area contributed by atoms with Crippen LogP contribution in [0.1, 0.15) is 12.8 Å². The van der Waals surface area contributed by atoms with Gasteiger partial charge in [0.05, 0.1) is 12.1 Å². The molecule has 1 heterocycles. The van der Waals surface area contributed by atoms with E-state index in [1.807, 2.05) is 30.3 Å². The normalized spacial score (nSPS) is 14.4. The molecule has 0 atom stereocenters. The zero-order chi connectivity index (χ0) is 13.2. The minimum Gasteiger partial charge on any atom is -0.361 e. The van der Waals surface area contributed by atoms with E-state index in [4.69, 9.17) is 0 Å². The van der Waals surface area contributed by atoms with E-state index in [-0.39, 0.29) is 12.5 Å². The summed E-state index contributed by atoms with van der Waals surface area (Å²) in [5.41, 5.74) is 0.898. The van der Waals surface area contributed by atoms with Crippen LogP contribution in [0.15, 0.2) is 34.8 Å². The quantitative estimate of drug-likeness (QED) is 0.911. The number of nitrogens with one attached hydrogen (secondary N) is 2. The maximum atomic E-state index is 11.6. The van der Waals surface area contributed by atoms with Gasteiger partial charge in [0.2, 0.25) is 5.91 Å². The molecule has 1 saturated carbocycles. The van der Waals surface area contributed by atoms with Gasteiger partial charge in [-0.2, -0.15) is 0 Å². The van der Waals surface area contributed by atoms with E-state index in [2.05, 4.69) is 31.5 Å². The van der Waals surface area contributed by atoms with Crippen molar-refractivity contribution in [2.75, 3.05) is 11.9 Å². The number of benzene rings is 1. The number of carbonyl (C=O) groups excluding carboxylic acids is 1. The van der Waals surface area contributed by atoms with Gasteiger partial charge in [0.1, 0.15) is 5.82 Å². The summed E-state index contributed by atoms with van der Waals surface area (Å²) in [7, 11) is 0. The highest BCUT2D eigenvalue weighted by Crippen LogP contribution is 2.23. The number of halogens is 1. The fourth-order valence-corrected chi connectivity index (χ4v) is 2.36. The zero-order valence-electron chi connectivity index (χ0n) is 10.3. The third-order valence-corrected chi connectivity index (χ3v) is 3.68. The summed E-state index contributed by atoms with van der Waals surface area (Å²) in [4.78, 5) is 16.1. The highest BCUT2D eigenvalue weighted by molar-refractivity contribution is 9.10. The van der Waals surface area contributed by atoms with Crippen molar-refractivity contribution in [1.29, 1.82) is 0 Å². The van der Waals surface area contributed by atoms with Gasteiger partial charge in [0, 0.05) is 15.9 Å². The largest absolute Gasteiger partial charge is 0.361 e. The second-order valence-electron chi connectivity index (χ2n) is 4.70. The van der Waals surface area contributed by atoms with Gasteiger partial charge in [-0.3, -0.25) is 4.79 Å². The number of rotatable bonds is 4. The molecule has 5 heteroatoms. The third-order valence-electron chi connectivity index (χ3n) is 3.04. The average molecular weight is 320 g/mol. The number of carbonyl (C=O) groups is 1. The van der Waals surface area contributed by atoms with Crippen molar-refractivity contribution in [3.63, 3.8) is 0 Å². The molecule has 0 bridgehead atoms. The third kappa shape index (κ3) is 3.04. The van der Waals surface area contributed by atoms with Gasteiger partial charge in [-0.1, -0.05) is 12.1 Å². The van der Waals surface area contributed by atoms with Crippen molar-refractivity contribution < 1.29 is 4.79 Å². The molecule has 1 fully saturated rings. The van der Waals surface area contributed by atoms with E-state index < -0.39 is 0 Å². The molecule has 19 heavy (non-hydrogen) atoms. The first-order valence-corrected chi connectivity index (χ1v) is 7.10. The Hall–Kier alpha value is -1.62. The van der Waals surface area contributed by atoms with Gasteiger partial charge in [0.25, 0.3) is 0 Å². The Morgan fingerprint density at radius 3 is 2.95 bits per heavy atom. The molecule has 0 unspecified atom stereocenters. The van der Waals surface area contributed by atoms with Crippen molar-refractivity contribution in [2.45, 2.75) is 18.9 Å². The molecule has 2 aromatic rings. The second-order valence-corrected chi connectivity index (χ2v) is 5.56. The molecule has 3 rings (SSSR count). The minimum atomic E-state index is 0.0246. The summed E-state index contributed by atoms with van der Waals surface area (Å²) in [6, 6.07) is 10.2. The van der Waals surface area contributed by atoms with Crippen LogP contribution >= 0.6 is 15.9 Å². The van der Waals surface area contributed by atoms with Crippen LogP contribution in [0.5, 0.6) is 0 Å². The molecule has 0 radical (unpaired) electrons. The van der Waals surface area contributed by atoms with Gasteiger partial charge in [-0.25, -0.2) is 4.98 Å². The molecule has 0 spiro atoms. The van der Waals surface area contributed by atoms with Gasteiger partial charge < -0.3 is 10.6 Å². The van der Waals surface area contributed by atoms with E-state index in [1.165, 1.54) is 0 Å². The fraction of sp³-hybridized carbons (Fsp3) is 0.286. The number of nitrogens with zero attached hydrogens (tertiary/aromatic N) is 1. The van der Waals surface area contributed by atoms with Crippen LogP contribution in [-0.2, 0) is 4.79 Å². The molecule has 1 aliphatic carbocycles. The van der Waals surface area contributed by atoms with Crippen LogP contribution in [-0.4, -0.2) is 23.5 Å². The summed E-state index contributed by atoms with van der Waals surface area (Å²) < 4.78 is 0.955. The van der Waals surface area contributed by atoms with Gasteiger partial charge in [-0.15, -0.1) is 0 Å². The van der Waals surface area contributed by atoms with E-state index in [9.17, 15) is 4.79 Å². The fourth-order valence-electron chi connectivity index (χ4n) is 1.89. The molecule has 0 aliphatic heterocycles. The molecule has 1 aliphatic rings. The predicted molar refractivity (Wildman–Crippen MR) is 79.1 cm³/mol. The number of aromatic nitrogens is 1. The molecule has 0 saturated heterocycles. The van der Waals surface area contributed by atoms with Crippen molar-refractivity contribution in [1.82, 2.24) is 10.3 Å². The average Bonchev–Trinajstić information content (AvgIpc) is 3.21. The molecule has 1 amide bonds. The lowest BCUT2D eigenvalue weighted by Gasteiger charge is -2.07. The smallest absolute Gasteiger partial charge is 0.239 e. The van der Waals surface area contributed by atoms with Crippen molar-refractivity contribution in [3.05, 3.63) is 34.8 Å². The summed E-state index contributed by atoms with van der Waals surface area (Å²) in [6.45, 7) is 0.263. The lowest BCUT2D eigenvalue weighted by molar-refractivity contribution is -0.119. The number of anilines is 1. The first-order valence-electron chi connectivity index (χ1n) is 6.31. The Morgan fingerprint density at radius 1 is 1.32 bits per heavy atom. The number of amides is 1. The van der Waals surface area contributed by atoms with E-state index >= 15 is 0 Å². The molecule has 2 N–H and O–H groups in total. The molecule has 1 aromatic heterocycles. The molecular formula is C14H14BrN3O. The number of hydrogen-bond acceptors (Lipinski definition) is 3. The maximum Gasteiger partial charge on any atom is 0.239 e. The second kappa shape index (κ2) is 5.17. The molecule has 1 aromatic carbocycles. The van der Waals surface area contributed by atoms with Crippen molar-refractivity contribution in [2.24, 2.45) is 0 Å². The van der Waals surface area contributed by atoms with Crippen LogP contribution in [0, 0.1) is 0 Å². The Morgan fingerprint density at radius 2 is 2.16 bits per heavy atom. The van der Waals surface area contributed by atoms with Gasteiger partial charge in [-0.05, 0) is 47.0 Å².